The first-order valence-corrected chi connectivity index (χ1v) is 18.9. The van der Waals surface area contributed by atoms with Crippen molar-refractivity contribution in [2.45, 2.75) is 79.1 Å². The summed E-state index contributed by atoms with van der Waals surface area (Å²) in [4.78, 5) is 45.5. The van der Waals surface area contributed by atoms with Gasteiger partial charge in [0.2, 0.25) is 0 Å². The Labute approximate surface area is 217 Å². The van der Waals surface area contributed by atoms with Crippen LogP contribution in [0.2, 0.25) is 0 Å². The summed E-state index contributed by atoms with van der Waals surface area (Å²) in [5.74, 6) is 0.953. The van der Waals surface area contributed by atoms with Gasteiger partial charge in [-0.15, -0.1) is 0 Å². The molecule has 0 aliphatic heterocycles. The van der Waals surface area contributed by atoms with Crippen LogP contribution in [0.1, 0.15) is 79.1 Å². The van der Waals surface area contributed by atoms with Gasteiger partial charge < -0.3 is 24.5 Å². The fourth-order valence-corrected chi connectivity index (χ4v) is 9.16. The molecule has 16 nitrogen and oxygen atoms in total. The number of unbranched alkanes of at least 4 members (excludes halogenated alkanes) is 4. The van der Waals surface area contributed by atoms with E-state index in [2.05, 4.69) is 17.2 Å². The molecule has 0 radical (unpaired) electrons. The smallest absolute Gasteiger partial charge is 0.302 e. The maximum atomic E-state index is 12.9. The van der Waals surface area contributed by atoms with Crippen molar-refractivity contribution in [3.63, 3.8) is 0 Å². The van der Waals surface area contributed by atoms with Gasteiger partial charge in [0.1, 0.15) is 0 Å². The number of hydrogen-bond donors (Lipinski definition) is 5. The van der Waals surface area contributed by atoms with Gasteiger partial charge in [-0.3, -0.25) is 9.05 Å². The molecule has 0 aromatic rings. The highest BCUT2D eigenvalue weighted by Gasteiger charge is 2.48. The van der Waals surface area contributed by atoms with Crippen molar-refractivity contribution in [1.29, 1.82) is 0 Å². The van der Waals surface area contributed by atoms with Gasteiger partial charge in [-0.1, -0.05) is 66.2 Å². The Morgan fingerprint density at radius 2 is 0.865 bits per heavy atom. The van der Waals surface area contributed by atoms with Gasteiger partial charge in [0, 0.05) is 0 Å². The summed E-state index contributed by atoms with van der Waals surface area (Å²) in [5.41, 5.74) is 0. The van der Waals surface area contributed by atoms with Gasteiger partial charge in [0.05, 0.1) is 13.2 Å². The van der Waals surface area contributed by atoms with Gasteiger partial charge >= 0.3 is 39.1 Å². The van der Waals surface area contributed by atoms with Crippen LogP contribution in [0.4, 0.5) is 0 Å². The van der Waals surface area contributed by atoms with Crippen molar-refractivity contribution in [3.05, 3.63) is 0 Å². The molecular weight excluding hydrogens is 603 g/mol. The first-order chi connectivity index (χ1) is 16.7. The first-order valence-electron chi connectivity index (χ1n) is 11.4. The molecule has 0 heterocycles. The third-order valence-electron chi connectivity index (χ3n) is 4.18. The zero-order chi connectivity index (χ0) is 29.0. The van der Waals surface area contributed by atoms with Crippen LogP contribution >= 0.6 is 39.1 Å². The van der Waals surface area contributed by atoms with Gasteiger partial charge in [-0.25, -0.2) is 22.8 Å². The summed E-state index contributed by atoms with van der Waals surface area (Å²) in [7, 11) is -28.4. The molecular formula is C16H39O16P5. The molecule has 0 aliphatic carbocycles. The molecule has 0 aromatic heterocycles. The summed E-state index contributed by atoms with van der Waals surface area (Å²) in [6.45, 7) is 7.73. The predicted octanol–water partition coefficient (Wildman–Crippen LogP) is 6.02. The van der Waals surface area contributed by atoms with Crippen LogP contribution in [-0.2, 0) is 49.1 Å². The Bertz CT molecular complexity index is 878. The second kappa shape index (κ2) is 16.8. The highest BCUT2D eigenvalue weighted by molar-refractivity contribution is 7.71. The number of hydrogen-bond acceptors (Lipinski definition) is 11. The largest absolute Gasteiger partial charge is 0.490 e. The summed E-state index contributed by atoms with van der Waals surface area (Å²) < 4.78 is 84.3. The number of phosphoric ester groups is 1. The monoisotopic (exact) mass is 642 g/mol. The summed E-state index contributed by atoms with van der Waals surface area (Å²) in [5, 5.41) is 0. The molecule has 3 unspecified atom stereocenters. The van der Waals surface area contributed by atoms with E-state index in [-0.39, 0.29) is 13.2 Å². The van der Waals surface area contributed by atoms with Crippen molar-refractivity contribution < 1.29 is 73.6 Å². The van der Waals surface area contributed by atoms with Gasteiger partial charge in [-0.2, -0.15) is 17.2 Å². The average Bonchev–Trinajstić information content (AvgIpc) is 2.62. The molecule has 0 fully saturated rings. The van der Waals surface area contributed by atoms with Crippen LogP contribution in [0.5, 0.6) is 0 Å². The van der Waals surface area contributed by atoms with Crippen LogP contribution < -0.4 is 0 Å². The lowest BCUT2D eigenvalue weighted by molar-refractivity contribution is 0.133. The molecule has 0 aliphatic rings. The molecule has 3 atom stereocenters. The maximum absolute atomic E-state index is 12.9. The van der Waals surface area contributed by atoms with Gasteiger partial charge in [0.15, 0.2) is 0 Å². The highest BCUT2D eigenvalue weighted by atomic mass is 31.3. The molecule has 0 bridgehead atoms. The minimum Gasteiger partial charge on any atom is -0.302 e. The van der Waals surface area contributed by atoms with Crippen LogP contribution in [0.15, 0.2) is 0 Å². The third-order valence-corrected chi connectivity index (χ3v) is 11.8. The van der Waals surface area contributed by atoms with Crippen LogP contribution in [0, 0.1) is 11.8 Å². The normalized spacial score (nSPS) is 18.0. The fraction of sp³-hybridized carbons (Fsp3) is 1.00. The van der Waals surface area contributed by atoms with E-state index in [1.165, 1.54) is 0 Å². The van der Waals surface area contributed by atoms with Crippen LogP contribution in [0.25, 0.3) is 0 Å². The average molecular weight is 642 g/mol. The summed E-state index contributed by atoms with van der Waals surface area (Å²) >= 11 is 0. The number of rotatable bonds is 22. The molecule has 224 valence electrons. The van der Waals surface area contributed by atoms with Crippen molar-refractivity contribution >= 4 is 39.1 Å². The van der Waals surface area contributed by atoms with Crippen LogP contribution in [-0.4, -0.2) is 37.7 Å². The maximum Gasteiger partial charge on any atom is 0.490 e. The zero-order valence-corrected chi connectivity index (χ0v) is 25.7. The Morgan fingerprint density at radius 3 is 1.22 bits per heavy atom. The molecule has 37 heavy (non-hydrogen) atoms. The van der Waals surface area contributed by atoms with E-state index < -0.39 is 39.1 Å². The minimum absolute atomic E-state index is 0.224. The predicted molar refractivity (Wildman–Crippen MR) is 132 cm³/mol. The van der Waals surface area contributed by atoms with Crippen molar-refractivity contribution in [2.75, 3.05) is 13.2 Å². The summed E-state index contributed by atoms with van der Waals surface area (Å²) in [6.07, 6.45) is 5.66. The topological polar surface area (TPSA) is 242 Å². The van der Waals surface area contributed by atoms with E-state index in [9.17, 15) is 32.6 Å². The van der Waals surface area contributed by atoms with E-state index >= 15 is 0 Å². The first kappa shape index (κ1) is 37.7. The molecule has 0 spiro atoms. The minimum atomic E-state index is -6.06. The Kier molecular flexibility index (Phi) is 17.2. The Balaban J connectivity index is 5.22. The quantitative estimate of drug-likeness (QED) is 0.0669. The second-order valence-corrected chi connectivity index (χ2v) is 16.6. The fourth-order valence-electron chi connectivity index (χ4n) is 2.67. The molecule has 5 N–H and O–H groups in total. The standard InChI is InChI=1S/C16H39O16P5/c1-15(2)11-7-5-9-13-27-37(26,28-14-10-6-8-12-16(3)4)32-36(24,25)31-35(22,23)30-34(20,21)29-33(17,18)19/h15-16H,5-14H2,1-4H3,(H,20,21)(H,22,23)(H,24,25)(H2,17,18,19). The van der Waals surface area contributed by atoms with E-state index in [4.69, 9.17) is 23.7 Å². The Hall–Kier alpha value is 0.710. The highest BCUT2D eigenvalue weighted by Crippen LogP contribution is 2.74. The van der Waals surface area contributed by atoms with Crippen molar-refractivity contribution in [2.24, 2.45) is 11.8 Å². The molecule has 0 aromatic carbocycles. The van der Waals surface area contributed by atoms with Gasteiger partial charge in [0.25, 0.3) is 0 Å². The van der Waals surface area contributed by atoms with Crippen LogP contribution in [0.3, 0.4) is 0 Å². The van der Waals surface area contributed by atoms with Gasteiger partial charge in [-0.05, 0) is 24.7 Å². The van der Waals surface area contributed by atoms with E-state index in [1.807, 2.05) is 27.7 Å². The summed E-state index contributed by atoms with van der Waals surface area (Å²) in [6, 6.07) is 0. The lowest BCUT2D eigenvalue weighted by atomic mass is 10.1. The van der Waals surface area contributed by atoms with Crippen molar-refractivity contribution in [3.8, 4) is 0 Å². The molecule has 0 rings (SSSR count). The SMILES string of the molecule is CC(C)CCCCCOP(=O)(OCCCCCC(C)C)OP(=O)(O)OP(=O)(O)OP(=O)(O)OP(=O)(O)O. The van der Waals surface area contributed by atoms with E-state index in [0.717, 1.165) is 25.7 Å². The lowest BCUT2D eigenvalue weighted by Crippen LogP contribution is -2.04. The lowest BCUT2D eigenvalue weighted by Gasteiger charge is -2.22. The molecule has 0 saturated carbocycles. The van der Waals surface area contributed by atoms with Crippen molar-refractivity contribution in [1.82, 2.24) is 0 Å². The second-order valence-electron chi connectivity index (χ2n) is 8.82. The molecule has 21 heteroatoms. The van der Waals surface area contributed by atoms with E-state index in [0.29, 0.717) is 37.5 Å². The number of phosphoric acid groups is 5. The van der Waals surface area contributed by atoms with E-state index in [1.54, 1.807) is 0 Å². The zero-order valence-electron chi connectivity index (χ0n) is 21.2. The molecule has 0 saturated heterocycles. The molecule has 0 amide bonds. The Morgan fingerprint density at radius 1 is 0.514 bits per heavy atom. The third kappa shape index (κ3) is 22.1.